The molecule has 0 radical (unpaired) electrons. The van der Waals surface area contributed by atoms with Crippen molar-refractivity contribution in [3.8, 4) is 0 Å². The van der Waals surface area contributed by atoms with Crippen LogP contribution in [0.3, 0.4) is 0 Å². The van der Waals surface area contributed by atoms with Crippen LogP contribution in [0.15, 0.2) is 18.2 Å². The Morgan fingerprint density at radius 2 is 2.33 bits per heavy atom. The Morgan fingerprint density at radius 3 is 3.00 bits per heavy atom. The Hall–Kier alpha value is -1.69. The number of benzene rings is 1. The van der Waals surface area contributed by atoms with Gasteiger partial charge in [0.1, 0.15) is 0 Å². The van der Waals surface area contributed by atoms with Crippen molar-refractivity contribution in [1.29, 1.82) is 0 Å². The van der Waals surface area contributed by atoms with E-state index in [1.54, 1.807) is 0 Å². The average molecular weight is 254 g/mol. The normalized spacial score (nSPS) is 23.7. The van der Waals surface area contributed by atoms with Crippen molar-refractivity contribution in [2.24, 2.45) is 0 Å². The second kappa shape index (κ2) is 5.30. The van der Waals surface area contributed by atoms with Gasteiger partial charge in [0, 0.05) is 24.4 Å². The molecule has 1 heterocycles. The van der Waals surface area contributed by atoms with Crippen LogP contribution < -0.4 is 5.32 Å². The number of rotatable bonds is 3. The highest BCUT2D eigenvalue weighted by molar-refractivity contribution is 5.52. The summed E-state index contributed by atoms with van der Waals surface area (Å²) in [5.41, 5.74) is 0.0716. The van der Waals surface area contributed by atoms with Gasteiger partial charge in [-0.15, -0.1) is 0 Å². The molecule has 5 nitrogen and oxygen atoms in total. The Kier molecular flexibility index (Phi) is 3.76. The smallest absolute Gasteiger partial charge is 0.306 e. The number of nitrogens with zero attached hydrogens (tertiary/aromatic N) is 1. The molecule has 18 heavy (non-hydrogen) atoms. The first-order valence-electron chi connectivity index (χ1n) is 5.88. The largest absolute Gasteiger partial charge is 0.382 e. The average Bonchev–Trinajstić information content (AvgIpc) is 2.31. The number of ether oxygens (including phenoxy) is 1. The molecular formula is C12H15FN2O3. The molecule has 1 N–H and O–H groups in total. The molecule has 0 aliphatic carbocycles. The predicted molar refractivity (Wildman–Crippen MR) is 65.1 cm³/mol. The zero-order chi connectivity index (χ0) is 13.1. The number of hydrogen-bond acceptors (Lipinski definition) is 4. The Bertz CT molecular complexity index is 453. The van der Waals surface area contributed by atoms with E-state index in [9.17, 15) is 14.5 Å². The predicted octanol–water partition coefficient (Wildman–Crippen LogP) is 2.71. The van der Waals surface area contributed by atoms with Crippen LogP contribution in [0.25, 0.3) is 0 Å². The first-order valence-corrected chi connectivity index (χ1v) is 5.88. The van der Waals surface area contributed by atoms with Crippen molar-refractivity contribution in [2.45, 2.75) is 31.9 Å². The van der Waals surface area contributed by atoms with Gasteiger partial charge in [-0.05, 0) is 31.9 Å². The van der Waals surface area contributed by atoms with Crippen molar-refractivity contribution >= 4 is 11.4 Å². The number of halogens is 1. The van der Waals surface area contributed by atoms with Crippen LogP contribution in [0.2, 0.25) is 0 Å². The summed E-state index contributed by atoms with van der Waals surface area (Å²) in [6, 6.07) is 4.07. The molecule has 0 amide bonds. The maximum atomic E-state index is 13.2. The molecule has 2 unspecified atom stereocenters. The second-order valence-electron chi connectivity index (χ2n) is 4.47. The van der Waals surface area contributed by atoms with Crippen molar-refractivity contribution in [2.75, 3.05) is 11.9 Å². The van der Waals surface area contributed by atoms with Gasteiger partial charge in [0.25, 0.3) is 0 Å². The van der Waals surface area contributed by atoms with Crippen LogP contribution in [-0.2, 0) is 4.74 Å². The third-order valence-electron chi connectivity index (χ3n) is 3.00. The summed E-state index contributed by atoms with van der Waals surface area (Å²) in [7, 11) is 0. The zero-order valence-corrected chi connectivity index (χ0v) is 10.1. The van der Waals surface area contributed by atoms with E-state index >= 15 is 0 Å². The van der Waals surface area contributed by atoms with Gasteiger partial charge in [0.05, 0.1) is 11.0 Å². The van der Waals surface area contributed by atoms with Gasteiger partial charge in [-0.2, -0.15) is 4.39 Å². The number of anilines is 1. The van der Waals surface area contributed by atoms with E-state index in [0.29, 0.717) is 12.3 Å². The molecule has 1 aliphatic heterocycles. The summed E-state index contributed by atoms with van der Waals surface area (Å²) < 4.78 is 18.6. The van der Waals surface area contributed by atoms with E-state index in [2.05, 4.69) is 5.32 Å². The second-order valence-corrected chi connectivity index (χ2v) is 4.47. The summed E-state index contributed by atoms with van der Waals surface area (Å²) in [6.45, 7) is 2.66. The van der Waals surface area contributed by atoms with E-state index in [4.69, 9.17) is 4.74 Å². The van der Waals surface area contributed by atoms with Gasteiger partial charge < -0.3 is 10.1 Å². The van der Waals surface area contributed by atoms with Gasteiger partial charge in [-0.1, -0.05) is 0 Å². The standard InChI is InChI=1S/C12H15FN2O3/c1-8-6-10(4-5-18-8)14-9-2-3-11(13)12(7-9)15(16)17/h2-3,7-8,10,14H,4-6H2,1H3. The lowest BCUT2D eigenvalue weighted by Crippen LogP contribution is -2.32. The maximum Gasteiger partial charge on any atom is 0.306 e. The van der Waals surface area contributed by atoms with Gasteiger partial charge >= 0.3 is 5.69 Å². The van der Waals surface area contributed by atoms with E-state index < -0.39 is 16.4 Å². The first kappa shape index (κ1) is 12.8. The lowest BCUT2D eigenvalue weighted by atomic mass is 10.0. The molecule has 0 aromatic heterocycles. The summed E-state index contributed by atoms with van der Waals surface area (Å²) in [5.74, 6) is -0.814. The Morgan fingerprint density at radius 1 is 1.56 bits per heavy atom. The molecule has 1 fully saturated rings. The van der Waals surface area contributed by atoms with E-state index in [-0.39, 0.29) is 12.1 Å². The van der Waals surface area contributed by atoms with Crippen LogP contribution in [0.1, 0.15) is 19.8 Å². The molecule has 0 saturated carbocycles. The summed E-state index contributed by atoms with van der Waals surface area (Å²) >= 11 is 0. The SMILES string of the molecule is CC1CC(Nc2ccc(F)c([N+](=O)[O-])c2)CCO1. The van der Waals surface area contributed by atoms with Crippen molar-refractivity contribution < 1.29 is 14.1 Å². The molecule has 2 atom stereocenters. The molecule has 1 aromatic carbocycles. The highest BCUT2D eigenvalue weighted by atomic mass is 19.1. The quantitative estimate of drug-likeness (QED) is 0.665. The van der Waals surface area contributed by atoms with E-state index in [1.807, 2.05) is 6.92 Å². The number of nitrogens with one attached hydrogen (secondary N) is 1. The number of hydrogen-bond donors (Lipinski definition) is 1. The summed E-state index contributed by atoms with van der Waals surface area (Å²) in [4.78, 5) is 9.92. The van der Waals surface area contributed by atoms with Crippen LogP contribution in [0, 0.1) is 15.9 Å². The van der Waals surface area contributed by atoms with Crippen LogP contribution in [0.5, 0.6) is 0 Å². The summed E-state index contributed by atoms with van der Waals surface area (Å²) in [5, 5.41) is 13.8. The Labute approximate surface area is 104 Å². The fraction of sp³-hybridized carbons (Fsp3) is 0.500. The van der Waals surface area contributed by atoms with E-state index in [0.717, 1.165) is 18.9 Å². The minimum atomic E-state index is -0.814. The van der Waals surface area contributed by atoms with Gasteiger partial charge in [0.15, 0.2) is 0 Å². The highest BCUT2D eigenvalue weighted by Gasteiger charge is 2.20. The molecular weight excluding hydrogens is 239 g/mol. The zero-order valence-electron chi connectivity index (χ0n) is 10.1. The Balaban J connectivity index is 2.09. The molecule has 6 heteroatoms. The molecule has 2 rings (SSSR count). The van der Waals surface area contributed by atoms with Gasteiger partial charge in [0.2, 0.25) is 5.82 Å². The minimum Gasteiger partial charge on any atom is -0.382 e. The van der Waals surface area contributed by atoms with E-state index in [1.165, 1.54) is 12.1 Å². The van der Waals surface area contributed by atoms with Crippen LogP contribution in [0.4, 0.5) is 15.8 Å². The van der Waals surface area contributed by atoms with Crippen molar-refractivity contribution in [3.05, 3.63) is 34.1 Å². The lowest BCUT2D eigenvalue weighted by Gasteiger charge is -2.28. The molecule has 0 spiro atoms. The highest BCUT2D eigenvalue weighted by Crippen LogP contribution is 2.24. The van der Waals surface area contributed by atoms with Crippen LogP contribution >= 0.6 is 0 Å². The van der Waals surface area contributed by atoms with Crippen molar-refractivity contribution in [3.63, 3.8) is 0 Å². The molecule has 0 bridgehead atoms. The molecule has 1 aromatic rings. The lowest BCUT2D eigenvalue weighted by molar-refractivity contribution is -0.387. The van der Waals surface area contributed by atoms with Gasteiger partial charge in [-0.25, -0.2) is 0 Å². The number of nitro groups is 1. The van der Waals surface area contributed by atoms with Crippen LogP contribution in [-0.4, -0.2) is 23.7 Å². The minimum absolute atomic E-state index is 0.173. The summed E-state index contributed by atoms with van der Waals surface area (Å²) in [6.07, 6.45) is 1.85. The third kappa shape index (κ3) is 2.95. The molecule has 1 aliphatic rings. The molecule has 98 valence electrons. The van der Waals surface area contributed by atoms with Crippen molar-refractivity contribution in [1.82, 2.24) is 0 Å². The first-order chi connectivity index (χ1) is 8.56. The molecule has 1 saturated heterocycles. The third-order valence-corrected chi connectivity index (χ3v) is 3.00. The van der Waals surface area contributed by atoms with Gasteiger partial charge in [-0.3, -0.25) is 10.1 Å². The fourth-order valence-corrected chi connectivity index (χ4v) is 2.11. The monoisotopic (exact) mass is 254 g/mol. The maximum absolute atomic E-state index is 13.2. The topological polar surface area (TPSA) is 64.4 Å². The number of nitro benzene ring substituents is 1. The fourth-order valence-electron chi connectivity index (χ4n) is 2.11.